The van der Waals surface area contributed by atoms with Crippen molar-refractivity contribution < 1.29 is 19.7 Å². The van der Waals surface area contributed by atoms with Crippen molar-refractivity contribution in [3.8, 4) is 34.3 Å². The highest BCUT2D eigenvalue weighted by molar-refractivity contribution is 7.99. The Balaban J connectivity index is 1.49. The summed E-state index contributed by atoms with van der Waals surface area (Å²) in [7, 11) is 1.61. The number of aromatic hydroxyl groups is 2. The Hall–Kier alpha value is -4.31. The molecule has 1 amide bonds. The van der Waals surface area contributed by atoms with Gasteiger partial charge in [0.2, 0.25) is 0 Å². The number of hydrazone groups is 1. The van der Waals surface area contributed by atoms with Gasteiger partial charge < -0.3 is 14.9 Å². The molecule has 0 saturated carbocycles. The minimum atomic E-state index is -0.338. The van der Waals surface area contributed by atoms with Crippen LogP contribution in [0, 0.1) is 0 Å². The lowest BCUT2D eigenvalue weighted by atomic mass is 10.2. The van der Waals surface area contributed by atoms with Crippen LogP contribution >= 0.6 is 11.8 Å². The van der Waals surface area contributed by atoms with Gasteiger partial charge in [-0.15, -0.1) is 10.2 Å². The minimum absolute atomic E-state index is 0.0568. The predicted molar refractivity (Wildman–Crippen MR) is 130 cm³/mol. The van der Waals surface area contributed by atoms with Gasteiger partial charge in [-0.3, -0.25) is 9.36 Å². The van der Waals surface area contributed by atoms with Gasteiger partial charge in [-0.25, -0.2) is 5.43 Å². The number of nitrogens with one attached hydrogen (secondary N) is 1. The van der Waals surface area contributed by atoms with E-state index in [0.29, 0.717) is 16.5 Å². The van der Waals surface area contributed by atoms with E-state index in [1.807, 2.05) is 59.2 Å². The van der Waals surface area contributed by atoms with Gasteiger partial charge >= 0.3 is 0 Å². The van der Waals surface area contributed by atoms with Crippen LogP contribution in [0.2, 0.25) is 0 Å². The average Bonchev–Trinajstić information content (AvgIpc) is 3.29. The molecule has 34 heavy (non-hydrogen) atoms. The fourth-order valence-corrected chi connectivity index (χ4v) is 3.81. The van der Waals surface area contributed by atoms with Gasteiger partial charge in [-0.1, -0.05) is 42.1 Å². The molecule has 0 spiro atoms. The molecular formula is C24H21N5O4S. The molecule has 0 unspecified atom stereocenters. The Kier molecular flexibility index (Phi) is 7.09. The highest BCUT2D eigenvalue weighted by atomic mass is 32.2. The zero-order valence-corrected chi connectivity index (χ0v) is 18.9. The normalized spacial score (nSPS) is 11.0. The van der Waals surface area contributed by atoms with Crippen molar-refractivity contribution in [1.29, 1.82) is 0 Å². The van der Waals surface area contributed by atoms with E-state index in [4.69, 9.17) is 4.74 Å². The van der Waals surface area contributed by atoms with Crippen LogP contribution in [0.5, 0.6) is 17.2 Å². The highest BCUT2D eigenvalue weighted by Gasteiger charge is 2.17. The lowest BCUT2D eigenvalue weighted by Crippen LogP contribution is -2.20. The molecule has 172 valence electrons. The Morgan fingerprint density at radius 1 is 1.06 bits per heavy atom. The number of nitrogens with zero attached hydrogens (tertiary/aromatic N) is 4. The summed E-state index contributed by atoms with van der Waals surface area (Å²) in [4.78, 5) is 12.3. The van der Waals surface area contributed by atoms with E-state index in [-0.39, 0.29) is 23.2 Å². The Bertz CT molecular complexity index is 1310. The smallest absolute Gasteiger partial charge is 0.250 e. The maximum Gasteiger partial charge on any atom is 0.250 e. The summed E-state index contributed by atoms with van der Waals surface area (Å²) in [6, 6.07) is 21.4. The van der Waals surface area contributed by atoms with Crippen LogP contribution in [-0.2, 0) is 4.79 Å². The van der Waals surface area contributed by atoms with Gasteiger partial charge in [-0.2, -0.15) is 5.10 Å². The van der Waals surface area contributed by atoms with Crippen LogP contribution in [0.25, 0.3) is 17.1 Å². The third kappa shape index (κ3) is 5.36. The standard InChI is InChI=1S/C24H21N5O4S/c1-33-19-10-8-18(9-11-19)29-23(17-5-3-2-4-6-17)27-28-24(29)34-15-22(32)26-25-14-16-7-12-20(30)21(31)13-16/h2-14,30-31H,15H2,1H3,(H,26,32)/b25-14-. The second-order valence-corrected chi connectivity index (χ2v) is 7.98. The summed E-state index contributed by atoms with van der Waals surface area (Å²) < 4.78 is 7.14. The number of phenols is 2. The molecule has 0 aliphatic carbocycles. The van der Waals surface area contributed by atoms with E-state index in [1.54, 1.807) is 13.2 Å². The van der Waals surface area contributed by atoms with Gasteiger partial charge in [0.1, 0.15) is 5.75 Å². The maximum absolute atomic E-state index is 12.3. The summed E-state index contributed by atoms with van der Waals surface area (Å²) in [5.74, 6) is 0.604. The van der Waals surface area contributed by atoms with Crippen LogP contribution in [-0.4, -0.2) is 50.0 Å². The third-order valence-corrected chi connectivity index (χ3v) is 5.66. The van der Waals surface area contributed by atoms with E-state index < -0.39 is 0 Å². The number of phenolic OH excluding ortho intramolecular Hbond substituents is 2. The van der Waals surface area contributed by atoms with E-state index in [9.17, 15) is 15.0 Å². The fraction of sp³-hybridized carbons (Fsp3) is 0.0833. The van der Waals surface area contributed by atoms with Gasteiger partial charge in [0.15, 0.2) is 22.5 Å². The van der Waals surface area contributed by atoms with E-state index in [2.05, 4.69) is 20.7 Å². The second kappa shape index (κ2) is 10.5. The van der Waals surface area contributed by atoms with Crippen molar-refractivity contribution in [3.63, 3.8) is 0 Å². The molecule has 4 rings (SSSR count). The number of hydrogen-bond acceptors (Lipinski definition) is 8. The summed E-state index contributed by atoms with van der Waals surface area (Å²) >= 11 is 1.23. The topological polar surface area (TPSA) is 122 Å². The summed E-state index contributed by atoms with van der Waals surface area (Å²) in [5.41, 5.74) is 4.69. The number of aromatic nitrogens is 3. The number of carbonyl (C=O) groups is 1. The van der Waals surface area contributed by atoms with Crippen LogP contribution in [0.4, 0.5) is 0 Å². The zero-order valence-electron chi connectivity index (χ0n) is 18.1. The van der Waals surface area contributed by atoms with Crippen molar-refractivity contribution in [2.45, 2.75) is 5.16 Å². The molecule has 0 aliphatic heterocycles. The first-order chi connectivity index (χ1) is 16.5. The monoisotopic (exact) mass is 475 g/mol. The minimum Gasteiger partial charge on any atom is -0.504 e. The Morgan fingerprint density at radius 2 is 1.82 bits per heavy atom. The first kappa shape index (κ1) is 22.9. The molecule has 1 aromatic heterocycles. The number of carbonyl (C=O) groups excluding carboxylic acids is 1. The summed E-state index contributed by atoms with van der Waals surface area (Å²) in [5, 5.41) is 32.0. The molecule has 0 saturated heterocycles. The van der Waals surface area contributed by atoms with Crippen molar-refractivity contribution in [1.82, 2.24) is 20.2 Å². The number of methoxy groups -OCH3 is 1. The number of hydrogen-bond donors (Lipinski definition) is 3. The maximum atomic E-state index is 12.3. The van der Waals surface area contributed by atoms with Gasteiger partial charge in [-0.05, 0) is 48.0 Å². The predicted octanol–water partition coefficient (Wildman–Crippen LogP) is 3.60. The molecule has 0 bridgehead atoms. The number of benzene rings is 3. The number of thioether (sulfide) groups is 1. The van der Waals surface area contributed by atoms with Crippen LogP contribution in [0.3, 0.4) is 0 Å². The van der Waals surface area contributed by atoms with Crippen molar-refractivity contribution >= 4 is 23.9 Å². The fourth-order valence-electron chi connectivity index (χ4n) is 3.06. The largest absolute Gasteiger partial charge is 0.504 e. The third-order valence-electron chi connectivity index (χ3n) is 4.73. The molecular weight excluding hydrogens is 454 g/mol. The SMILES string of the molecule is COc1ccc(-n2c(SCC(=O)N/N=C\c3ccc(O)c(O)c3)nnc2-c2ccccc2)cc1. The van der Waals surface area contributed by atoms with Gasteiger partial charge in [0.05, 0.1) is 19.1 Å². The molecule has 3 aromatic carbocycles. The van der Waals surface area contributed by atoms with Crippen LogP contribution < -0.4 is 10.2 Å². The number of rotatable bonds is 8. The molecule has 10 heteroatoms. The lowest BCUT2D eigenvalue weighted by Gasteiger charge is -2.11. The van der Waals surface area contributed by atoms with Crippen LogP contribution in [0.1, 0.15) is 5.56 Å². The van der Waals surface area contributed by atoms with E-state index in [1.165, 1.54) is 30.1 Å². The summed E-state index contributed by atoms with van der Waals surface area (Å²) in [6.07, 6.45) is 1.37. The van der Waals surface area contributed by atoms with Crippen LogP contribution in [0.15, 0.2) is 83.1 Å². The zero-order chi connectivity index (χ0) is 23.9. The van der Waals surface area contributed by atoms with Crippen molar-refractivity contribution in [2.24, 2.45) is 5.10 Å². The molecule has 0 radical (unpaired) electrons. The van der Waals surface area contributed by atoms with E-state index >= 15 is 0 Å². The first-order valence-electron chi connectivity index (χ1n) is 10.2. The average molecular weight is 476 g/mol. The Labute approximate surface area is 199 Å². The van der Waals surface area contributed by atoms with Gasteiger partial charge in [0.25, 0.3) is 5.91 Å². The molecule has 3 N–H and O–H groups in total. The second-order valence-electron chi connectivity index (χ2n) is 7.04. The lowest BCUT2D eigenvalue weighted by molar-refractivity contribution is -0.118. The molecule has 9 nitrogen and oxygen atoms in total. The van der Waals surface area contributed by atoms with E-state index in [0.717, 1.165) is 17.0 Å². The van der Waals surface area contributed by atoms with Crippen molar-refractivity contribution in [2.75, 3.05) is 12.9 Å². The summed E-state index contributed by atoms with van der Waals surface area (Å²) in [6.45, 7) is 0. The van der Waals surface area contributed by atoms with Crippen molar-refractivity contribution in [3.05, 3.63) is 78.4 Å². The highest BCUT2D eigenvalue weighted by Crippen LogP contribution is 2.29. The number of ether oxygens (including phenoxy) is 1. The first-order valence-corrected chi connectivity index (χ1v) is 11.2. The molecule has 0 atom stereocenters. The molecule has 0 fully saturated rings. The molecule has 1 heterocycles. The molecule has 0 aliphatic rings. The number of amides is 1. The molecule has 4 aromatic rings. The van der Waals surface area contributed by atoms with Gasteiger partial charge in [0, 0.05) is 11.3 Å². The Morgan fingerprint density at radius 3 is 2.53 bits per heavy atom. The quantitative estimate of drug-likeness (QED) is 0.154.